The summed E-state index contributed by atoms with van der Waals surface area (Å²) in [5.41, 5.74) is 18.5. The lowest BCUT2D eigenvalue weighted by Crippen LogP contribution is -2.30. The van der Waals surface area contributed by atoms with E-state index in [2.05, 4.69) is 137 Å². The molecule has 2 unspecified atom stereocenters. The standard InChI is InChI=1S/C43H36N6/c1-25-19-30(48-38-10-14-44-21-34(38)35-22-45-15-11-39(35)48)6-8-32(25)42-27(3)18-28(4)43(29(42)5)33-9-7-31(20-26(33)2)49-40-12-16-46-23-36(40)37-24-47-17-13-41(37)49/h6-24,34,38H,1-5H3. The highest BCUT2D eigenvalue weighted by Crippen LogP contribution is 2.47. The maximum atomic E-state index is 4.46. The summed E-state index contributed by atoms with van der Waals surface area (Å²) in [6, 6.07) is 22.7. The lowest BCUT2D eigenvalue weighted by molar-refractivity contribution is 0.778. The molecule has 6 heterocycles. The Kier molecular flexibility index (Phi) is 6.63. The molecule has 2 aliphatic heterocycles. The summed E-state index contributed by atoms with van der Waals surface area (Å²) in [7, 11) is 0. The van der Waals surface area contributed by atoms with E-state index in [4.69, 9.17) is 0 Å². The Balaban J connectivity index is 1.13. The van der Waals surface area contributed by atoms with Gasteiger partial charge in [0.25, 0.3) is 0 Å². The Bertz CT molecular complexity index is 2480. The first-order chi connectivity index (χ1) is 23.9. The van der Waals surface area contributed by atoms with Crippen LogP contribution in [-0.2, 0) is 0 Å². The quantitative estimate of drug-likeness (QED) is 0.193. The number of benzene rings is 3. The zero-order valence-electron chi connectivity index (χ0n) is 28.3. The van der Waals surface area contributed by atoms with E-state index in [0.29, 0.717) is 0 Å². The van der Waals surface area contributed by atoms with E-state index in [0.717, 1.165) is 27.5 Å². The third-order valence-electron chi connectivity index (χ3n) is 10.6. The van der Waals surface area contributed by atoms with Crippen LogP contribution < -0.4 is 4.90 Å². The monoisotopic (exact) mass is 636 g/mol. The number of anilines is 2. The average Bonchev–Trinajstić information content (AvgIpc) is 3.63. The lowest BCUT2D eigenvalue weighted by Gasteiger charge is -2.29. The number of fused-ring (bicyclic) bond motifs is 6. The molecule has 0 fully saturated rings. The highest BCUT2D eigenvalue weighted by Gasteiger charge is 2.38. The number of hydrogen-bond donors (Lipinski definition) is 0. The summed E-state index contributed by atoms with van der Waals surface area (Å²) in [6.07, 6.45) is 17.7. The Morgan fingerprint density at radius 1 is 0.592 bits per heavy atom. The highest BCUT2D eigenvalue weighted by molar-refractivity contribution is 6.08. The van der Waals surface area contributed by atoms with Gasteiger partial charge in [0, 0.05) is 88.9 Å². The largest absolute Gasteiger partial charge is 0.333 e. The first-order valence-electron chi connectivity index (χ1n) is 16.8. The van der Waals surface area contributed by atoms with Crippen molar-refractivity contribution < 1.29 is 0 Å². The highest BCUT2D eigenvalue weighted by atomic mass is 15.2. The van der Waals surface area contributed by atoms with Gasteiger partial charge in [-0.2, -0.15) is 0 Å². The van der Waals surface area contributed by atoms with E-state index in [1.54, 1.807) is 0 Å². The number of pyridine rings is 3. The van der Waals surface area contributed by atoms with E-state index in [1.165, 1.54) is 67.0 Å². The number of aryl methyl sites for hydroxylation is 4. The summed E-state index contributed by atoms with van der Waals surface area (Å²) in [5, 5.41) is 2.22. The minimum absolute atomic E-state index is 0.193. The molecule has 9 rings (SSSR count). The van der Waals surface area contributed by atoms with E-state index in [1.807, 2.05) is 43.4 Å². The van der Waals surface area contributed by atoms with E-state index < -0.39 is 0 Å². The van der Waals surface area contributed by atoms with Crippen molar-refractivity contribution in [3.8, 4) is 27.9 Å². The van der Waals surface area contributed by atoms with Crippen molar-refractivity contribution in [2.45, 2.75) is 46.6 Å². The van der Waals surface area contributed by atoms with Crippen LogP contribution in [0, 0.1) is 34.6 Å². The van der Waals surface area contributed by atoms with Crippen LogP contribution in [0.3, 0.4) is 0 Å². The maximum Gasteiger partial charge on any atom is 0.0659 e. The first kappa shape index (κ1) is 29.3. The van der Waals surface area contributed by atoms with Gasteiger partial charge < -0.3 is 9.47 Å². The molecule has 6 nitrogen and oxygen atoms in total. The molecule has 2 aliphatic rings. The van der Waals surface area contributed by atoms with Gasteiger partial charge in [0.2, 0.25) is 0 Å². The van der Waals surface area contributed by atoms with Gasteiger partial charge in [0.05, 0.1) is 17.1 Å². The molecule has 0 saturated carbocycles. The SMILES string of the molecule is Cc1cc(N2c3ccncc3C3C=NC=CC32)ccc1-c1c(C)cc(C)c(-c2ccc(-n3c4ccncc4c4cnccc43)cc2C)c1C. The van der Waals surface area contributed by atoms with Crippen molar-refractivity contribution in [3.05, 3.63) is 144 Å². The predicted molar refractivity (Wildman–Crippen MR) is 201 cm³/mol. The molecule has 7 aromatic rings. The number of nitrogens with zero attached hydrogens (tertiary/aromatic N) is 6. The smallest absolute Gasteiger partial charge is 0.0659 e. The van der Waals surface area contributed by atoms with Crippen LogP contribution in [0.25, 0.3) is 49.7 Å². The van der Waals surface area contributed by atoms with Gasteiger partial charge in [-0.15, -0.1) is 0 Å². The van der Waals surface area contributed by atoms with Gasteiger partial charge in [0.1, 0.15) is 0 Å². The third-order valence-corrected chi connectivity index (χ3v) is 10.6. The summed E-state index contributed by atoms with van der Waals surface area (Å²) >= 11 is 0. The fraction of sp³-hybridized carbons (Fsp3) is 0.163. The molecule has 49 heavy (non-hydrogen) atoms. The zero-order chi connectivity index (χ0) is 33.4. The predicted octanol–water partition coefficient (Wildman–Crippen LogP) is 10.0. The summed E-state index contributed by atoms with van der Waals surface area (Å²) in [6.45, 7) is 11.3. The Hall–Kier alpha value is -5.88. The molecular formula is C43H36N6. The van der Waals surface area contributed by atoms with E-state index in [-0.39, 0.29) is 12.0 Å². The fourth-order valence-corrected chi connectivity index (χ4v) is 8.49. The van der Waals surface area contributed by atoms with Gasteiger partial charge in [-0.3, -0.25) is 19.9 Å². The van der Waals surface area contributed by atoms with Crippen LogP contribution in [0.2, 0.25) is 0 Å². The number of aromatic nitrogens is 4. The van der Waals surface area contributed by atoms with Crippen molar-refractivity contribution >= 4 is 39.4 Å². The topological polar surface area (TPSA) is 59.2 Å². The number of rotatable bonds is 4. The molecule has 0 radical (unpaired) electrons. The van der Waals surface area contributed by atoms with Crippen LogP contribution in [0.4, 0.5) is 11.4 Å². The van der Waals surface area contributed by atoms with E-state index >= 15 is 0 Å². The van der Waals surface area contributed by atoms with Crippen LogP contribution in [0.5, 0.6) is 0 Å². The minimum atomic E-state index is 0.193. The molecule has 0 bridgehead atoms. The van der Waals surface area contributed by atoms with Gasteiger partial charge in [0.15, 0.2) is 0 Å². The minimum Gasteiger partial charge on any atom is -0.333 e. The van der Waals surface area contributed by atoms with Crippen LogP contribution in [-0.4, -0.2) is 31.8 Å². The van der Waals surface area contributed by atoms with E-state index in [9.17, 15) is 0 Å². The molecule has 0 saturated heterocycles. The van der Waals surface area contributed by atoms with Crippen molar-refractivity contribution in [2.24, 2.45) is 4.99 Å². The molecule has 0 aliphatic carbocycles. The normalized spacial score (nSPS) is 16.5. The van der Waals surface area contributed by atoms with Crippen LogP contribution in [0.1, 0.15) is 39.3 Å². The number of hydrogen-bond acceptors (Lipinski definition) is 5. The van der Waals surface area contributed by atoms with Gasteiger partial charge in [-0.05, 0) is 133 Å². The second-order valence-electron chi connectivity index (χ2n) is 13.5. The van der Waals surface area contributed by atoms with Crippen LogP contribution in [0.15, 0.2) is 115 Å². The molecule has 0 spiro atoms. The van der Waals surface area contributed by atoms with Crippen molar-refractivity contribution in [3.63, 3.8) is 0 Å². The molecule has 0 amide bonds. The Morgan fingerprint density at radius 3 is 1.84 bits per heavy atom. The van der Waals surface area contributed by atoms with Crippen LogP contribution >= 0.6 is 0 Å². The number of aliphatic imine (C=N–C) groups is 1. The van der Waals surface area contributed by atoms with Crippen molar-refractivity contribution in [1.82, 2.24) is 19.5 Å². The molecular weight excluding hydrogens is 601 g/mol. The zero-order valence-corrected chi connectivity index (χ0v) is 28.3. The second kappa shape index (κ2) is 11.1. The Morgan fingerprint density at radius 2 is 1.18 bits per heavy atom. The molecule has 0 N–H and O–H groups in total. The van der Waals surface area contributed by atoms with Gasteiger partial charge in [-0.1, -0.05) is 18.2 Å². The van der Waals surface area contributed by atoms with Crippen molar-refractivity contribution in [2.75, 3.05) is 4.90 Å². The molecule has 238 valence electrons. The average molecular weight is 637 g/mol. The molecule has 2 atom stereocenters. The second-order valence-corrected chi connectivity index (χ2v) is 13.5. The summed E-state index contributed by atoms with van der Waals surface area (Å²) in [5.74, 6) is 0.205. The summed E-state index contributed by atoms with van der Waals surface area (Å²) in [4.78, 5) is 20.1. The molecule has 6 heteroatoms. The molecule has 3 aromatic carbocycles. The lowest BCUT2D eigenvalue weighted by atomic mass is 9.84. The van der Waals surface area contributed by atoms with Crippen molar-refractivity contribution in [1.29, 1.82) is 0 Å². The third kappa shape index (κ3) is 4.40. The summed E-state index contributed by atoms with van der Waals surface area (Å²) < 4.78 is 2.32. The maximum absolute atomic E-state index is 4.46. The first-order valence-corrected chi connectivity index (χ1v) is 16.8. The fourth-order valence-electron chi connectivity index (χ4n) is 8.49. The Labute approximate surface area is 286 Å². The van der Waals surface area contributed by atoms with Gasteiger partial charge >= 0.3 is 0 Å². The van der Waals surface area contributed by atoms with Gasteiger partial charge in [-0.25, -0.2) is 0 Å². The molecule has 4 aromatic heterocycles.